The van der Waals surface area contributed by atoms with E-state index in [-0.39, 0.29) is 11.2 Å². The Bertz CT molecular complexity index is 578. The summed E-state index contributed by atoms with van der Waals surface area (Å²) in [5, 5.41) is 0. The first-order valence-corrected chi connectivity index (χ1v) is 10.9. The molecule has 1 aromatic rings. The molecule has 0 atom stereocenters. The third-order valence-electron chi connectivity index (χ3n) is 5.15. The molecule has 1 heterocycles. The molecule has 2 nitrogen and oxygen atoms in total. The quantitative estimate of drug-likeness (QED) is 0.357. The predicted octanol–water partition coefficient (Wildman–Crippen LogP) is 6.79. The van der Waals surface area contributed by atoms with Crippen molar-refractivity contribution in [2.75, 3.05) is 12.4 Å². The summed E-state index contributed by atoms with van der Waals surface area (Å²) in [6.45, 7) is 9.18. The molecule has 0 aliphatic carbocycles. The number of carbonyl (C=O) groups excluding carboxylic acids is 1. The van der Waals surface area contributed by atoms with Crippen LogP contribution in [0, 0.1) is 0 Å². The Hall–Kier alpha value is -0.960. The van der Waals surface area contributed by atoms with Crippen LogP contribution >= 0.6 is 11.8 Å². The molecular formula is C22H34O2S. The van der Waals surface area contributed by atoms with Crippen molar-refractivity contribution in [2.24, 2.45) is 0 Å². The second kappa shape index (κ2) is 9.66. The van der Waals surface area contributed by atoms with E-state index in [0.29, 0.717) is 6.61 Å². The van der Waals surface area contributed by atoms with Crippen molar-refractivity contribution in [3.8, 4) is 5.75 Å². The number of rotatable bonds is 9. The van der Waals surface area contributed by atoms with Gasteiger partial charge in [-0.25, -0.2) is 0 Å². The van der Waals surface area contributed by atoms with Gasteiger partial charge in [0.05, 0.1) is 12.2 Å². The number of carbonyl (C=O) groups is 1. The van der Waals surface area contributed by atoms with Crippen LogP contribution in [0.25, 0.3) is 0 Å². The van der Waals surface area contributed by atoms with Crippen molar-refractivity contribution in [3.63, 3.8) is 0 Å². The summed E-state index contributed by atoms with van der Waals surface area (Å²) in [4.78, 5) is 13.5. The van der Waals surface area contributed by atoms with E-state index in [1.54, 1.807) is 6.92 Å². The SMILES string of the molecule is CCCCCCCCOc1cc2c(cc1C(C)=O)C(C)(C)CCCS2. The van der Waals surface area contributed by atoms with Crippen LogP contribution in [0.15, 0.2) is 17.0 Å². The number of hydrogen-bond donors (Lipinski definition) is 0. The lowest BCUT2D eigenvalue weighted by molar-refractivity contribution is 0.101. The lowest BCUT2D eigenvalue weighted by Crippen LogP contribution is -2.18. The summed E-state index contributed by atoms with van der Waals surface area (Å²) in [7, 11) is 0. The fraction of sp³-hybridized carbons (Fsp3) is 0.682. The highest BCUT2D eigenvalue weighted by molar-refractivity contribution is 7.99. The maximum Gasteiger partial charge on any atom is 0.163 e. The van der Waals surface area contributed by atoms with Crippen molar-refractivity contribution in [3.05, 3.63) is 23.3 Å². The van der Waals surface area contributed by atoms with Crippen LogP contribution in [-0.4, -0.2) is 18.1 Å². The van der Waals surface area contributed by atoms with Crippen molar-refractivity contribution < 1.29 is 9.53 Å². The Kier molecular flexibility index (Phi) is 7.86. The molecule has 0 radical (unpaired) electrons. The van der Waals surface area contributed by atoms with Crippen molar-refractivity contribution in [1.29, 1.82) is 0 Å². The van der Waals surface area contributed by atoms with E-state index in [0.717, 1.165) is 23.5 Å². The number of thioether (sulfide) groups is 1. The second-order valence-corrected chi connectivity index (χ2v) is 8.99. The fourth-order valence-electron chi connectivity index (χ4n) is 3.50. The van der Waals surface area contributed by atoms with Gasteiger partial charge >= 0.3 is 0 Å². The third-order valence-corrected chi connectivity index (χ3v) is 6.29. The fourth-order valence-corrected chi connectivity index (χ4v) is 4.69. The van der Waals surface area contributed by atoms with Crippen LogP contribution in [-0.2, 0) is 5.41 Å². The molecule has 1 aromatic carbocycles. The number of benzene rings is 1. The van der Waals surface area contributed by atoms with E-state index >= 15 is 0 Å². The highest BCUT2D eigenvalue weighted by Crippen LogP contribution is 2.43. The van der Waals surface area contributed by atoms with Crippen LogP contribution < -0.4 is 4.74 Å². The first-order valence-electron chi connectivity index (χ1n) is 9.91. The zero-order valence-corrected chi connectivity index (χ0v) is 17.3. The number of ketones is 1. The van der Waals surface area contributed by atoms with Crippen LogP contribution in [0.4, 0.5) is 0 Å². The molecule has 1 aliphatic rings. The number of Topliss-reactive ketones (excluding diaryl/α,β-unsaturated/α-hetero) is 1. The first kappa shape index (κ1) is 20.4. The molecule has 2 rings (SSSR count). The molecular weight excluding hydrogens is 328 g/mol. The molecule has 0 unspecified atom stereocenters. The monoisotopic (exact) mass is 362 g/mol. The average molecular weight is 363 g/mol. The second-order valence-electron chi connectivity index (χ2n) is 7.85. The van der Waals surface area contributed by atoms with Gasteiger partial charge in [0.2, 0.25) is 0 Å². The Balaban J connectivity index is 2.07. The van der Waals surface area contributed by atoms with Gasteiger partial charge in [-0.3, -0.25) is 4.79 Å². The van der Waals surface area contributed by atoms with Crippen LogP contribution in [0.2, 0.25) is 0 Å². The van der Waals surface area contributed by atoms with Gasteiger partial charge in [0.25, 0.3) is 0 Å². The zero-order chi connectivity index (χ0) is 18.3. The molecule has 0 N–H and O–H groups in total. The minimum atomic E-state index is 0.103. The third kappa shape index (κ3) is 5.77. The molecule has 0 amide bonds. The van der Waals surface area contributed by atoms with Gasteiger partial charge in [0.1, 0.15) is 5.75 Å². The van der Waals surface area contributed by atoms with Gasteiger partial charge in [0, 0.05) is 4.90 Å². The number of fused-ring (bicyclic) bond motifs is 1. The molecule has 0 aromatic heterocycles. The van der Waals surface area contributed by atoms with Crippen LogP contribution in [0.1, 0.15) is 95.0 Å². The van der Waals surface area contributed by atoms with E-state index in [1.165, 1.54) is 55.4 Å². The molecule has 25 heavy (non-hydrogen) atoms. The molecule has 0 saturated carbocycles. The molecule has 1 aliphatic heterocycles. The van der Waals surface area contributed by atoms with Crippen molar-refractivity contribution in [2.45, 2.75) is 89.4 Å². The van der Waals surface area contributed by atoms with Gasteiger partial charge in [-0.1, -0.05) is 52.9 Å². The Morgan fingerprint density at radius 2 is 1.88 bits per heavy atom. The van der Waals surface area contributed by atoms with Gasteiger partial charge in [0.15, 0.2) is 5.78 Å². The summed E-state index contributed by atoms with van der Waals surface area (Å²) >= 11 is 1.91. The molecule has 3 heteroatoms. The van der Waals surface area contributed by atoms with Gasteiger partial charge in [-0.2, -0.15) is 0 Å². The van der Waals surface area contributed by atoms with Gasteiger partial charge in [-0.15, -0.1) is 11.8 Å². The van der Waals surface area contributed by atoms with Crippen molar-refractivity contribution in [1.82, 2.24) is 0 Å². The van der Waals surface area contributed by atoms with E-state index in [2.05, 4.69) is 32.9 Å². The summed E-state index contributed by atoms with van der Waals surface area (Å²) in [6, 6.07) is 4.23. The highest BCUT2D eigenvalue weighted by Gasteiger charge is 2.28. The maximum atomic E-state index is 12.2. The van der Waals surface area contributed by atoms with E-state index < -0.39 is 0 Å². The highest BCUT2D eigenvalue weighted by atomic mass is 32.2. The van der Waals surface area contributed by atoms with E-state index in [4.69, 9.17) is 4.74 Å². The lowest BCUT2D eigenvalue weighted by Gasteiger charge is -2.26. The Labute approximate surface area is 158 Å². The molecule has 0 spiro atoms. The first-order chi connectivity index (χ1) is 12.0. The van der Waals surface area contributed by atoms with Gasteiger partial charge < -0.3 is 4.74 Å². The maximum absolute atomic E-state index is 12.2. The Morgan fingerprint density at radius 1 is 1.16 bits per heavy atom. The zero-order valence-electron chi connectivity index (χ0n) is 16.5. The molecule has 140 valence electrons. The lowest BCUT2D eigenvalue weighted by atomic mass is 9.80. The number of hydrogen-bond acceptors (Lipinski definition) is 3. The molecule has 0 saturated heterocycles. The van der Waals surface area contributed by atoms with E-state index in [9.17, 15) is 4.79 Å². The predicted molar refractivity (Wildman–Crippen MR) is 108 cm³/mol. The number of unbranched alkanes of at least 4 members (excludes halogenated alkanes) is 5. The molecule has 0 bridgehead atoms. The summed E-state index contributed by atoms with van der Waals surface area (Å²) in [5.41, 5.74) is 2.19. The normalized spacial score (nSPS) is 16.2. The minimum absolute atomic E-state index is 0.103. The topological polar surface area (TPSA) is 26.3 Å². The minimum Gasteiger partial charge on any atom is -0.493 e. The largest absolute Gasteiger partial charge is 0.493 e. The van der Waals surface area contributed by atoms with E-state index in [1.807, 2.05) is 11.8 Å². The van der Waals surface area contributed by atoms with Gasteiger partial charge in [-0.05, 0) is 55.1 Å². The standard InChI is InChI=1S/C22H34O2S/c1-5-6-7-8-9-10-13-24-20-16-21-19(15-18(20)17(2)23)22(3,4)12-11-14-25-21/h15-16H,5-14H2,1-4H3. The van der Waals surface area contributed by atoms with Crippen LogP contribution in [0.3, 0.4) is 0 Å². The summed E-state index contributed by atoms with van der Waals surface area (Å²) in [6.07, 6.45) is 9.87. The Morgan fingerprint density at radius 3 is 2.60 bits per heavy atom. The summed E-state index contributed by atoms with van der Waals surface area (Å²) in [5.74, 6) is 2.03. The van der Waals surface area contributed by atoms with Crippen molar-refractivity contribution >= 4 is 17.5 Å². The smallest absolute Gasteiger partial charge is 0.163 e. The number of ether oxygens (including phenoxy) is 1. The molecule has 0 fully saturated rings. The summed E-state index contributed by atoms with van der Waals surface area (Å²) < 4.78 is 6.05. The van der Waals surface area contributed by atoms with Crippen LogP contribution in [0.5, 0.6) is 5.75 Å². The average Bonchev–Trinajstić information content (AvgIpc) is 2.71.